The Labute approximate surface area is 689 Å². The maximum absolute atomic E-state index is 2.55. The van der Waals surface area contributed by atoms with Crippen LogP contribution in [0.1, 0.15) is 49.9 Å². The monoisotopic (exact) mass is 1500 g/mol. The van der Waals surface area contributed by atoms with Gasteiger partial charge in [0, 0.05) is 10.8 Å². The standard InChI is InChI=1S/C61H42.C57H40/c1-61(2)57-36-46(53-35-45-19-9-10-20-47(45)48-21-11-12-22-49(48)53)33-34-50(57)54-37-55-56(38-58(54)61)60(44-31-27-42(28-32-44)40-17-7-4-8-18-40)52-24-14-13-23-51(52)59(55)43-29-25-41(26-30-43)39-15-5-3-6-16-39;1-57(2)53-34-44(46-23-13-19-41-18-9-10-20-45(41)46)32-33-47(53)50-35-51-52(36-54(50)57)56(43-30-26-40(27-31-43)38-16-7-4-8-17-38)49-22-12-11-21-48(49)55(51)42-28-24-39(25-29-42)37-14-5-3-6-15-37/h3-38H,1-2H3;3-36H,1-2H3. The van der Waals surface area contributed by atoms with Crippen molar-refractivity contribution < 1.29 is 0 Å². The van der Waals surface area contributed by atoms with Gasteiger partial charge < -0.3 is 0 Å². The molecular weight excluding hydrogens is 1420 g/mol. The molecule has 0 N–H and O–H groups in total. The van der Waals surface area contributed by atoms with Gasteiger partial charge in [0.15, 0.2) is 0 Å². The lowest BCUT2D eigenvalue weighted by Gasteiger charge is -2.24. The molecule has 0 radical (unpaired) electrons. The minimum absolute atomic E-state index is 0.197. The van der Waals surface area contributed by atoms with Crippen LogP contribution in [0.5, 0.6) is 0 Å². The van der Waals surface area contributed by atoms with E-state index < -0.39 is 0 Å². The molecule has 0 fully saturated rings. The fraction of sp³-hybridized carbons (Fsp3) is 0.0508. The van der Waals surface area contributed by atoms with Gasteiger partial charge in [0.2, 0.25) is 0 Å². The highest BCUT2D eigenvalue weighted by Gasteiger charge is 2.39. The molecule has 0 bridgehead atoms. The second-order valence-electron chi connectivity index (χ2n) is 33.2. The quantitative estimate of drug-likeness (QED) is 0.0946. The summed E-state index contributed by atoms with van der Waals surface area (Å²) in [5, 5.41) is 17.9. The van der Waals surface area contributed by atoms with Gasteiger partial charge in [0.1, 0.15) is 0 Å². The first-order chi connectivity index (χ1) is 58.0. The highest BCUT2D eigenvalue weighted by atomic mass is 14.4. The molecule has 0 aromatic heterocycles. The van der Waals surface area contributed by atoms with Gasteiger partial charge >= 0.3 is 0 Å². The first kappa shape index (κ1) is 70.1. The molecule has 554 valence electrons. The fourth-order valence-corrected chi connectivity index (χ4v) is 20.0. The minimum Gasteiger partial charge on any atom is -0.0622 e. The third-order valence-corrected chi connectivity index (χ3v) is 25.9. The first-order valence-corrected chi connectivity index (χ1v) is 41.4. The Balaban J connectivity index is 0.000000143. The average Bonchev–Trinajstić information content (AvgIpc) is 1.55. The van der Waals surface area contributed by atoms with Crippen molar-refractivity contribution in [2.24, 2.45) is 0 Å². The Morgan fingerprint density at radius 3 is 0.771 bits per heavy atom. The molecule has 0 atom stereocenters. The van der Waals surface area contributed by atoms with E-state index in [1.165, 1.54) is 231 Å². The predicted octanol–water partition coefficient (Wildman–Crippen LogP) is 32.7. The van der Waals surface area contributed by atoms with E-state index in [0.29, 0.717) is 0 Å². The Bertz CT molecular complexity index is 7550. The Kier molecular flexibility index (Phi) is 16.7. The second kappa shape index (κ2) is 28.2. The smallest absolute Gasteiger partial charge is 0.0159 e. The molecule has 0 unspecified atom stereocenters. The van der Waals surface area contributed by atoms with Crippen molar-refractivity contribution in [1.29, 1.82) is 0 Å². The summed E-state index contributed by atoms with van der Waals surface area (Å²) in [6, 6.07) is 158. The highest BCUT2D eigenvalue weighted by Crippen LogP contribution is 2.57. The zero-order chi connectivity index (χ0) is 78.7. The van der Waals surface area contributed by atoms with E-state index in [0.717, 1.165) is 0 Å². The van der Waals surface area contributed by atoms with Crippen molar-refractivity contribution in [2.45, 2.75) is 38.5 Å². The molecule has 0 amide bonds. The molecule has 0 aliphatic heterocycles. The van der Waals surface area contributed by atoms with Gasteiger partial charge in [-0.15, -0.1) is 0 Å². The first-order valence-electron chi connectivity index (χ1n) is 41.4. The van der Waals surface area contributed by atoms with Crippen LogP contribution in [0.25, 0.3) is 209 Å². The van der Waals surface area contributed by atoms with E-state index >= 15 is 0 Å². The summed E-state index contributed by atoms with van der Waals surface area (Å²) in [5.74, 6) is 0. The van der Waals surface area contributed by atoms with Crippen LogP contribution in [0.2, 0.25) is 0 Å². The summed E-state index contributed by atoms with van der Waals surface area (Å²) in [5.41, 5.74) is 35.3. The average molecular weight is 1500 g/mol. The van der Waals surface area contributed by atoms with Gasteiger partial charge in [-0.05, 0) is 274 Å². The molecule has 21 aromatic carbocycles. The highest BCUT2D eigenvalue weighted by molar-refractivity contribution is 6.25. The predicted molar refractivity (Wildman–Crippen MR) is 505 cm³/mol. The van der Waals surface area contributed by atoms with Crippen LogP contribution in [0.15, 0.2) is 425 Å². The van der Waals surface area contributed by atoms with Gasteiger partial charge in [0.25, 0.3) is 0 Å². The number of rotatable bonds is 10. The largest absolute Gasteiger partial charge is 0.0622 e. The number of hydrogen-bond acceptors (Lipinski definition) is 0. The number of hydrogen-bond donors (Lipinski definition) is 0. The Morgan fingerprint density at radius 1 is 0.127 bits per heavy atom. The topological polar surface area (TPSA) is 0 Å². The molecule has 23 rings (SSSR count). The van der Waals surface area contributed by atoms with Gasteiger partial charge in [-0.1, -0.05) is 410 Å². The lowest BCUT2D eigenvalue weighted by Crippen LogP contribution is -2.15. The second-order valence-corrected chi connectivity index (χ2v) is 33.2. The fourth-order valence-electron chi connectivity index (χ4n) is 20.0. The third-order valence-electron chi connectivity index (χ3n) is 25.9. The van der Waals surface area contributed by atoms with Gasteiger partial charge in [-0.2, -0.15) is 0 Å². The van der Waals surface area contributed by atoms with Crippen LogP contribution in [0.4, 0.5) is 0 Å². The molecule has 0 heteroatoms. The molecule has 0 spiro atoms. The maximum atomic E-state index is 2.55. The van der Waals surface area contributed by atoms with E-state index in [1.807, 2.05) is 0 Å². The lowest BCUT2D eigenvalue weighted by molar-refractivity contribution is 0.661. The van der Waals surface area contributed by atoms with Gasteiger partial charge in [-0.3, -0.25) is 0 Å². The Hall–Kier alpha value is -14.6. The van der Waals surface area contributed by atoms with E-state index in [2.05, 4.69) is 452 Å². The van der Waals surface area contributed by atoms with E-state index in [9.17, 15) is 0 Å². The molecule has 21 aromatic rings. The zero-order valence-electron chi connectivity index (χ0n) is 66.4. The van der Waals surface area contributed by atoms with Crippen molar-refractivity contribution in [3.05, 3.63) is 447 Å². The SMILES string of the molecule is CC1(C)c2cc(-c3cc4ccccc4c4ccccc34)ccc2-c2cc3c(-c4ccc(-c5ccccc5)cc4)c4ccccc4c(-c4ccc(-c5ccccc5)cc4)c3cc21.CC1(C)c2cc(-c3cccc4ccccc34)ccc2-c2cc3c(-c4ccc(-c5ccccc5)cc4)c4ccccc4c(-c4ccc(-c5ccccc5)cc4)c3cc21. The summed E-state index contributed by atoms with van der Waals surface area (Å²) in [7, 11) is 0. The van der Waals surface area contributed by atoms with Crippen molar-refractivity contribution in [3.63, 3.8) is 0 Å². The molecule has 0 saturated heterocycles. The van der Waals surface area contributed by atoms with Crippen molar-refractivity contribution >= 4 is 75.4 Å². The normalized spacial score (nSPS) is 12.9. The van der Waals surface area contributed by atoms with E-state index in [4.69, 9.17) is 0 Å². The van der Waals surface area contributed by atoms with Crippen LogP contribution >= 0.6 is 0 Å². The van der Waals surface area contributed by atoms with E-state index in [-0.39, 0.29) is 10.8 Å². The Morgan fingerprint density at radius 2 is 0.390 bits per heavy atom. The number of fused-ring (bicyclic) bond motifs is 14. The molecular formula is C118H82. The van der Waals surface area contributed by atoms with Crippen molar-refractivity contribution in [1.82, 2.24) is 0 Å². The summed E-state index contributed by atoms with van der Waals surface area (Å²) in [6.45, 7) is 9.67. The van der Waals surface area contributed by atoms with E-state index in [1.54, 1.807) is 0 Å². The maximum Gasteiger partial charge on any atom is 0.0159 e. The molecule has 2 aliphatic rings. The summed E-state index contributed by atoms with van der Waals surface area (Å²) in [6.07, 6.45) is 0. The van der Waals surface area contributed by atoms with Crippen molar-refractivity contribution in [2.75, 3.05) is 0 Å². The van der Waals surface area contributed by atoms with Crippen LogP contribution in [-0.2, 0) is 10.8 Å². The molecule has 0 nitrogen and oxygen atoms in total. The van der Waals surface area contributed by atoms with Crippen LogP contribution in [0, 0.1) is 0 Å². The van der Waals surface area contributed by atoms with Crippen LogP contribution in [0.3, 0.4) is 0 Å². The lowest BCUT2D eigenvalue weighted by atomic mass is 9.79. The molecule has 118 heavy (non-hydrogen) atoms. The molecule has 0 heterocycles. The summed E-state index contributed by atoms with van der Waals surface area (Å²) < 4.78 is 0. The van der Waals surface area contributed by atoms with Gasteiger partial charge in [-0.25, -0.2) is 0 Å². The third kappa shape index (κ3) is 11.6. The van der Waals surface area contributed by atoms with Crippen LogP contribution < -0.4 is 0 Å². The minimum atomic E-state index is -0.223. The summed E-state index contributed by atoms with van der Waals surface area (Å²) >= 11 is 0. The van der Waals surface area contributed by atoms with Crippen LogP contribution in [-0.4, -0.2) is 0 Å². The zero-order valence-corrected chi connectivity index (χ0v) is 66.4. The number of benzene rings is 21. The van der Waals surface area contributed by atoms with Gasteiger partial charge in [0.05, 0.1) is 0 Å². The molecule has 2 aliphatic carbocycles. The van der Waals surface area contributed by atoms with Crippen molar-refractivity contribution in [3.8, 4) is 134 Å². The molecule has 0 saturated carbocycles. The summed E-state index contributed by atoms with van der Waals surface area (Å²) in [4.78, 5) is 0.